The molecule has 0 bridgehead atoms. The van der Waals surface area contributed by atoms with Crippen molar-refractivity contribution in [3.63, 3.8) is 0 Å². The minimum Gasteiger partial charge on any atom is -0.268 e. The first kappa shape index (κ1) is 10.8. The maximum atomic E-state index is 11.6. The second kappa shape index (κ2) is 4.45. The van der Waals surface area contributed by atoms with Gasteiger partial charge in [-0.1, -0.05) is 11.6 Å². The van der Waals surface area contributed by atoms with Crippen molar-refractivity contribution in [2.75, 3.05) is 0 Å². The van der Waals surface area contributed by atoms with E-state index in [0.29, 0.717) is 17.3 Å². The Bertz CT molecular complexity index is 565. The van der Waals surface area contributed by atoms with Crippen molar-refractivity contribution in [2.45, 2.75) is 13.5 Å². The SMILES string of the molecule is Cc1cnn(Cc2cc(Cl)ccn2)c(=O)c1. The Hall–Kier alpha value is -1.68. The topological polar surface area (TPSA) is 47.8 Å². The van der Waals surface area contributed by atoms with Gasteiger partial charge in [0.2, 0.25) is 0 Å². The number of aryl methyl sites for hydroxylation is 1. The van der Waals surface area contributed by atoms with Gasteiger partial charge >= 0.3 is 0 Å². The van der Waals surface area contributed by atoms with Crippen LogP contribution in [0.3, 0.4) is 0 Å². The van der Waals surface area contributed by atoms with Crippen LogP contribution in [0.4, 0.5) is 0 Å². The van der Waals surface area contributed by atoms with Gasteiger partial charge in [0, 0.05) is 17.3 Å². The van der Waals surface area contributed by atoms with Gasteiger partial charge in [0.05, 0.1) is 18.4 Å². The van der Waals surface area contributed by atoms with Gasteiger partial charge in [-0.3, -0.25) is 9.78 Å². The van der Waals surface area contributed by atoms with Gasteiger partial charge in [-0.25, -0.2) is 4.68 Å². The fourth-order valence-electron chi connectivity index (χ4n) is 1.33. The Morgan fingerprint density at radius 2 is 2.25 bits per heavy atom. The van der Waals surface area contributed by atoms with E-state index in [-0.39, 0.29) is 5.56 Å². The van der Waals surface area contributed by atoms with Crippen molar-refractivity contribution in [1.29, 1.82) is 0 Å². The predicted octanol–water partition coefficient (Wildman–Crippen LogP) is 1.65. The molecule has 0 amide bonds. The number of hydrogen-bond acceptors (Lipinski definition) is 3. The Morgan fingerprint density at radius 3 is 2.94 bits per heavy atom. The standard InChI is InChI=1S/C11H10ClN3O/c1-8-4-11(16)15(14-6-8)7-10-5-9(12)2-3-13-10/h2-6H,7H2,1H3. The van der Waals surface area contributed by atoms with E-state index in [1.54, 1.807) is 24.5 Å². The third-order valence-electron chi connectivity index (χ3n) is 2.10. The van der Waals surface area contributed by atoms with Crippen LogP contribution in [0.1, 0.15) is 11.3 Å². The van der Waals surface area contributed by atoms with Crippen molar-refractivity contribution in [3.8, 4) is 0 Å². The monoisotopic (exact) mass is 235 g/mol. The molecule has 0 radical (unpaired) electrons. The van der Waals surface area contributed by atoms with E-state index in [9.17, 15) is 4.79 Å². The first-order chi connectivity index (χ1) is 7.65. The average molecular weight is 236 g/mol. The second-order valence-electron chi connectivity index (χ2n) is 3.49. The number of pyridine rings is 1. The van der Waals surface area contributed by atoms with E-state index >= 15 is 0 Å². The van der Waals surface area contributed by atoms with Gasteiger partial charge in [-0.2, -0.15) is 5.10 Å². The quantitative estimate of drug-likeness (QED) is 0.795. The number of halogens is 1. The van der Waals surface area contributed by atoms with Crippen LogP contribution in [0.15, 0.2) is 35.4 Å². The largest absolute Gasteiger partial charge is 0.268 e. The minimum absolute atomic E-state index is 0.137. The molecule has 4 nitrogen and oxygen atoms in total. The lowest BCUT2D eigenvalue weighted by molar-refractivity contribution is 0.625. The average Bonchev–Trinajstić information content (AvgIpc) is 2.22. The maximum absolute atomic E-state index is 11.6. The summed E-state index contributed by atoms with van der Waals surface area (Å²) in [4.78, 5) is 15.7. The summed E-state index contributed by atoms with van der Waals surface area (Å²) in [6, 6.07) is 4.95. The van der Waals surface area contributed by atoms with Gasteiger partial charge in [0.15, 0.2) is 0 Å². The molecule has 0 aromatic carbocycles. The lowest BCUT2D eigenvalue weighted by Crippen LogP contribution is -2.23. The van der Waals surface area contributed by atoms with Crippen LogP contribution in [-0.2, 0) is 6.54 Å². The summed E-state index contributed by atoms with van der Waals surface area (Å²) in [7, 11) is 0. The molecule has 2 heterocycles. The molecular weight excluding hydrogens is 226 g/mol. The number of rotatable bonds is 2. The molecule has 0 atom stereocenters. The Kier molecular flexibility index (Phi) is 3.01. The summed E-state index contributed by atoms with van der Waals surface area (Å²) in [5, 5.41) is 4.63. The molecule has 0 spiro atoms. The summed E-state index contributed by atoms with van der Waals surface area (Å²) in [5.41, 5.74) is 1.42. The molecule has 82 valence electrons. The highest BCUT2D eigenvalue weighted by atomic mass is 35.5. The van der Waals surface area contributed by atoms with E-state index in [0.717, 1.165) is 5.56 Å². The first-order valence-corrected chi connectivity index (χ1v) is 5.17. The molecule has 16 heavy (non-hydrogen) atoms. The smallest absolute Gasteiger partial charge is 0.267 e. The van der Waals surface area contributed by atoms with Crippen molar-refractivity contribution < 1.29 is 0 Å². The molecule has 2 aromatic rings. The third kappa shape index (κ3) is 2.46. The Morgan fingerprint density at radius 1 is 1.44 bits per heavy atom. The van der Waals surface area contributed by atoms with Crippen molar-refractivity contribution in [2.24, 2.45) is 0 Å². The molecule has 2 rings (SSSR count). The van der Waals surface area contributed by atoms with Crippen molar-refractivity contribution >= 4 is 11.6 Å². The van der Waals surface area contributed by atoms with E-state index in [2.05, 4.69) is 10.1 Å². The number of hydrogen-bond donors (Lipinski definition) is 0. The van der Waals surface area contributed by atoms with Crippen LogP contribution in [0.2, 0.25) is 5.02 Å². The van der Waals surface area contributed by atoms with Gasteiger partial charge in [0.25, 0.3) is 5.56 Å². The Labute approximate surface area is 97.5 Å². The first-order valence-electron chi connectivity index (χ1n) is 4.79. The predicted molar refractivity (Wildman–Crippen MR) is 61.6 cm³/mol. The van der Waals surface area contributed by atoms with Gasteiger partial charge in [-0.05, 0) is 24.6 Å². The lowest BCUT2D eigenvalue weighted by Gasteiger charge is -2.03. The van der Waals surface area contributed by atoms with Gasteiger partial charge in [0.1, 0.15) is 0 Å². The summed E-state index contributed by atoms with van der Waals surface area (Å²) in [5.74, 6) is 0. The van der Waals surface area contributed by atoms with Crippen LogP contribution in [0.25, 0.3) is 0 Å². The summed E-state index contributed by atoms with van der Waals surface area (Å²) in [6.07, 6.45) is 3.25. The number of nitrogens with zero attached hydrogens (tertiary/aromatic N) is 3. The number of aromatic nitrogens is 3. The van der Waals surface area contributed by atoms with Gasteiger partial charge in [-0.15, -0.1) is 0 Å². The molecule has 0 unspecified atom stereocenters. The summed E-state index contributed by atoms with van der Waals surface area (Å²) in [6.45, 7) is 2.16. The summed E-state index contributed by atoms with van der Waals surface area (Å²) >= 11 is 5.83. The second-order valence-corrected chi connectivity index (χ2v) is 3.93. The van der Waals surface area contributed by atoms with E-state index in [1.807, 2.05) is 6.92 Å². The fourth-order valence-corrected chi connectivity index (χ4v) is 1.51. The molecule has 0 N–H and O–H groups in total. The molecule has 0 saturated carbocycles. The highest BCUT2D eigenvalue weighted by Crippen LogP contribution is 2.08. The fraction of sp³-hybridized carbons (Fsp3) is 0.182. The highest BCUT2D eigenvalue weighted by molar-refractivity contribution is 6.30. The van der Waals surface area contributed by atoms with Crippen LogP contribution < -0.4 is 5.56 Å². The molecular formula is C11H10ClN3O. The third-order valence-corrected chi connectivity index (χ3v) is 2.33. The zero-order valence-corrected chi connectivity index (χ0v) is 9.48. The van der Waals surface area contributed by atoms with Crippen LogP contribution in [0.5, 0.6) is 0 Å². The molecule has 0 saturated heterocycles. The van der Waals surface area contributed by atoms with Crippen LogP contribution in [0, 0.1) is 6.92 Å². The normalized spacial score (nSPS) is 10.4. The van der Waals surface area contributed by atoms with E-state index < -0.39 is 0 Å². The molecule has 2 aromatic heterocycles. The zero-order chi connectivity index (χ0) is 11.5. The highest BCUT2D eigenvalue weighted by Gasteiger charge is 2.01. The van der Waals surface area contributed by atoms with E-state index in [4.69, 9.17) is 11.6 Å². The lowest BCUT2D eigenvalue weighted by atomic mass is 10.3. The molecule has 5 heteroatoms. The molecule has 0 fully saturated rings. The zero-order valence-electron chi connectivity index (χ0n) is 8.72. The summed E-state index contributed by atoms with van der Waals surface area (Å²) < 4.78 is 1.35. The Balaban J connectivity index is 2.31. The van der Waals surface area contributed by atoms with Gasteiger partial charge < -0.3 is 0 Å². The van der Waals surface area contributed by atoms with Crippen LogP contribution in [-0.4, -0.2) is 14.8 Å². The minimum atomic E-state index is -0.137. The van der Waals surface area contributed by atoms with Crippen LogP contribution >= 0.6 is 11.6 Å². The maximum Gasteiger partial charge on any atom is 0.267 e. The molecule has 0 aliphatic rings. The molecule has 0 aliphatic heterocycles. The van der Waals surface area contributed by atoms with Crippen molar-refractivity contribution in [1.82, 2.24) is 14.8 Å². The van der Waals surface area contributed by atoms with E-state index in [1.165, 1.54) is 10.7 Å². The van der Waals surface area contributed by atoms with Crippen molar-refractivity contribution in [3.05, 3.63) is 57.2 Å². The molecule has 0 aliphatic carbocycles.